The summed E-state index contributed by atoms with van der Waals surface area (Å²) in [7, 11) is 5.85. The number of methoxy groups -OCH3 is 4. The average molecular weight is 661 g/mol. The van der Waals surface area contributed by atoms with Gasteiger partial charge < -0.3 is 43.0 Å². The van der Waals surface area contributed by atoms with E-state index in [0.29, 0.717) is 39.3 Å². The topological polar surface area (TPSA) is 128 Å². The van der Waals surface area contributed by atoms with Crippen molar-refractivity contribution in [1.82, 2.24) is 0 Å². The largest absolute Gasteiger partial charge is 0.493 e. The maximum atomic E-state index is 13.5. The Morgan fingerprint density at radius 2 is 1.56 bits per heavy atom. The molecule has 0 aromatic heterocycles. The van der Waals surface area contributed by atoms with Gasteiger partial charge in [0, 0.05) is 39.8 Å². The lowest BCUT2D eigenvalue weighted by molar-refractivity contribution is -0.181. The van der Waals surface area contributed by atoms with Crippen LogP contribution in [-0.4, -0.2) is 57.9 Å². The molecule has 3 aromatic rings. The molecule has 11 heteroatoms. The van der Waals surface area contributed by atoms with Crippen molar-refractivity contribution in [1.29, 1.82) is 0 Å². The number of rotatable bonds is 9. The Morgan fingerprint density at radius 3 is 2.19 bits per heavy atom. The highest BCUT2D eigenvalue weighted by atomic mass is 16.7. The number of hydrogen-bond acceptors (Lipinski definition) is 11. The van der Waals surface area contributed by atoms with Crippen molar-refractivity contribution in [3.8, 4) is 45.6 Å². The van der Waals surface area contributed by atoms with Gasteiger partial charge in [-0.15, -0.1) is 0 Å². The lowest BCUT2D eigenvalue weighted by Crippen LogP contribution is -2.46. The normalized spacial score (nSPS) is 21.4. The zero-order valence-corrected chi connectivity index (χ0v) is 28.2. The highest BCUT2D eigenvalue weighted by Crippen LogP contribution is 2.61. The van der Waals surface area contributed by atoms with Gasteiger partial charge in [-0.2, -0.15) is 0 Å². The summed E-state index contributed by atoms with van der Waals surface area (Å²) >= 11 is 0. The molecule has 0 radical (unpaired) electrons. The first kappa shape index (κ1) is 34.2. The lowest BCUT2D eigenvalue weighted by atomic mass is 9.71. The van der Waals surface area contributed by atoms with Crippen LogP contribution in [0.25, 0.3) is 17.2 Å². The number of ether oxygens (including phenoxy) is 8. The number of carbonyl (C=O) groups excluding carboxylic acids is 2. The van der Waals surface area contributed by atoms with Gasteiger partial charge >= 0.3 is 11.9 Å². The van der Waals surface area contributed by atoms with E-state index in [1.807, 2.05) is 30.3 Å². The van der Waals surface area contributed by atoms with Crippen LogP contribution in [0.4, 0.5) is 0 Å². The molecule has 0 amide bonds. The molecule has 4 atom stereocenters. The van der Waals surface area contributed by atoms with E-state index in [1.165, 1.54) is 41.4 Å². The molecule has 1 aliphatic heterocycles. The first-order valence-electron chi connectivity index (χ1n) is 15.4. The van der Waals surface area contributed by atoms with Crippen LogP contribution >= 0.6 is 0 Å². The quantitative estimate of drug-likeness (QED) is 0.203. The number of hydrogen-bond donors (Lipinski definition) is 1. The smallest absolute Gasteiger partial charge is 0.334 e. The second-order valence-electron chi connectivity index (χ2n) is 11.6. The van der Waals surface area contributed by atoms with Crippen LogP contribution in [0.3, 0.4) is 0 Å². The molecule has 5 rings (SSSR count). The second kappa shape index (κ2) is 13.9. The van der Waals surface area contributed by atoms with E-state index >= 15 is 0 Å². The van der Waals surface area contributed by atoms with Crippen molar-refractivity contribution in [2.24, 2.45) is 5.92 Å². The third-order valence-corrected chi connectivity index (χ3v) is 8.89. The van der Waals surface area contributed by atoms with Gasteiger partial charge in [0.15, 0.2) is 29.1 Å². The van der Waals surface area contributed by atoms with E-state index in [0.717, 1.165) is 5.56 Å². The predicted octanol–water partition coefficient (Wildman–Crippen LogP) is 6.37. The number of aliphatic hydroxyl groups is 1. The summed E-state index contributed by atoms with van der Waals surface area (Å²) in [4.78, 5) is 27.0. The summed E-state index contributed by atoms with van der Waals surface area (Å²) in [5.74, 6) is -0.642. The highest BCUT2D eigenvalue weighted by molar-refractivity contribution is 5.92. The van der Waals surface area contributed by atoms with E-state index in [1.54, 1.807) is 45.1 Å². The van der Waals surface area contributed by atoms with E-state index in [2.05, 4.69) is 0 Å². The number of esters is 2. The predicted molar refractivity (Wildman–Crippen MR) is 177 cm³/mol. The van der Waals surface area contributed by atoms with Gasteiger partial charge in [-0.25, -0.2) is 9.59 Å². The molecule has 0 unspecified atom stereocenters. The van der Waals surface area contributed by atoms with Crippen LogP contribution in [0.2, 0.25) is 0 Å². The number of allylic oxidation sites excluding steroid dienone is 1. The minimum absolute atomic E-state index is 0.0785. The summed E-state index contributed by atoms with van der Waals surface area (Å²) < 4.78 is 47.4. The third kappa shape index (κ3) is 6.01. The van der Waals surface area contributed by atoms with Gasteiger partial charge in [0.2, 0.25) is 18.3 Å². The van der Waals surface area contributed by atoms with Crippen molar-refractivity contribution >= 4 is 18.0 Å². The first-order valence-corrected chi connectivity index (χ1v) is 15.4. The van der Waals surface area contributed by atoms with Crippen LogP contribution in [0.5, 0.6) is 34.5 Å². The van der Waals surface area contributed by atoms with Crippen LogP contribution in [-0.2, 0) is 19.1 Å². The van der Waals surface area contributed by atoms with Crippen molar-refractivity contribution < 1.29 is 52.6 Å². The van der Waals surface area contributed by atoms with E-state index in [-0.39, 0.29) is 29.8 Å². The van der Waals surface area contributed by atoms with Crippen molar-refractivity contribution in [3.05, 3.63) is 76.9 Å². The fraction of sp³-hybridized carbons (Fsp3) is 0.351. The fourth-order valence-corrected chi connectivity index (χ4v) is 6.04. The summed E-state index contributed by atoms with van der Waals surface area (Å²) in [6.07, 6.45) is 2.08. The van der Waals surface area contributed by atoms with Crippen molar-refractivity contribution in [3.63, 3.8) is 0 Å². The van der Waals surface area contributed by atoms with Crippen molar-refractivity contribution in [2.45, 2.75) is 45.5 Å². The molecular weight excluding hydrogens is 620 g/mol. The molecule has 1 aliphatic carbocycles. The van der Waals surface area contributed by atoms with Gasteiger partial charge in [-0.05, 0) is 44.5 Å². The standard InChI is InChI=1S/C37H40O11/c1-9-20(2)36(39)48-35-24-18-25(41-5)31(42-6)33(43-7)29(24)28-23(17-26-32(34(28)44-8)46-19-45-26)30(21(3)37(35,4)40)47-27(38)16-15-22-13-11-10-12-14-22/h9-18,21,30,35,40H,19H2,1-8H3/b16-15+,20-9+/t21-,30-,35+,37-/m0/s1. The van der Waals surface area contributed by atoms with Gasteiger partial charge in [-0.1, -0.05) is 43.3 Å². The molecule has 0 fully saturated rings. The molecule has 1 heterocycles. The Morgan fingerprint density at radius 1 is 0.896 bits per heavy atom. The van der Waals surface area contributed by atoms with Gasteiger partial charge in [-0.3, -0.25) is 0 Å². The minimum atomic E-state index is -1.86. The molecule has 0 spiro atoms. The first-order chi connectivity index (χ1) is 23.0. The lowest BCUT2D eigenvalue weighted by Gasteiger charge is -2.43. The Labute approximate surface area is 279 Å². The monoisotopic (exact) mass is 660 g/mol. The van der Waals surface area contributed by atoms with E-state index < -0.39 is 35.7 Å². The zero-order valence-electron chi connectivity index (χ0n) is 28.2. The Hall–Kier alpha value is -5.16. The van der Waals surface area contributed by atoms with E-state index in [4.69, 9.17) is 37.9 Å². The number of benzene rings is 3. The maximum Gasteiger partial charge on any atom is 0.334 e. The third-order valence-electron chi connectivity index (χ3n) is 8.89. The van der Waals surface area contributed by atoms with Crippen molar-refractivity contribution in [2.75, 3.05) is 35.2 Å². The summed E-state index contributed by atoms with van der Waals surface area (Å²) in [6, 6.07) is 12.6. The van der Waals surface area contributed by atoms with Gasteiger partial charge in [0.25, 0.3) is 0 Å². The highest BCUT2D eigenvalue weighted by Gasteiger charge is 2.51. The zero-order chi connectivity index (χ0) is 34.7. The SMILES string of the molecule is C/C=C(\C)C(=O)O[C@@H]1c2cc(OC)c(OC)c(OC)c2-c2c(cc3c(c2OC)OCO3)[C@@H](OC(=O)/C=C/c2ccccc2)[C@H](C)[C@]1(C)O. The van der Waals surface area contributed by atoms with Crippen LogP contribution in [0, 0.1) is 5.92 Å². The van der Waals surface area contributed by atoms with Gasteiger partial charge in [0.1, 0.15) is 11.7 Å². The molecular formula is C37H40O11. The average Bonchev–Trinajstić information content (AvgIpc) is 3.58. The van der Waals surface area contributed by atoms with Crippen LogP contribution in [0.1, 0.15) is 56.6 Å². The Bertz CT molecular complexity index is 1760. The van der Waals surface area contributed by atoms with Crippen LogP contribution < -0.4 is 28.4 Å². The molecule has 0 bridgehead atoms. The molecule has 48 heavy (non-hydrogen) atoms. The Balaban J connectivity index is 1.86. The fourth-order valence-electron chi connectivity index (χ4n) is 6.04. The number of fused-ring (bicyclic) bond motifs is 4. The molecule has 11 nitrogen and oxygen atoms in total. The van der Waals surface area contributed by atoms with E-state index in [9.17, 15) is 14.7 Å². The molecule has 2 aliphatic rings. The molecule has 0 saturated heterocycles. The summed E-state index contributed by atoms with van der Waals surface area (Å²) in [5, 5.41) is 12.5. The minimum Gasteiger partial charge on any atom is -0.493 e. The molecule has 1 N–H and O–H groups in total. The summed E-state index contributed by atoms with van der Waals surface area (Å²) in [5.41, 5.74) is 0.735. The molecule has 3 aromatic carbocycles. The number of carbonyl (C=O) groups is 2. The summed E-state index contributed by atoms with van der Waals surface area (Å²) in [6.45, 7) is 6.49. The second-order valence-corrected chi connectivity index (χ2v) is 11.6. The maximum absolute atomic E-state index is 13.5. The molecule has 254 valence electrons. The van der Waals surface area contributed by atoms with Crippen LogP contribution in [0.15, 0.2) is 60.2 Å². The molecule has 0 saturated carbocycles. The Kier molecular flexibility index (Phi) is 9.90. The van der Waals surface area contributed by atoms with Gasteiger partial charge in [0.05, 0.1) is 28.4 Å².